The fourth-order valence-corrected chi connectivity index (χ4v) is 4.44. The van der Waals surface area contributed by atoms with Gasteiger partial charge >= 0.3 is 0 Å². The monoisotopic (exact) mass is 388 g/mol. The Morgan fingerprint density at radius 1 is 1.29 bits per heavy atom. The summed E-state index contributed by atoms with van der Waals surface area (Å²) in [4.78, 5) is 17.5. The van der Waals surface area contributed by atoms with Crippen molar-refractivity contribution in [1.82, 2.24) is 9.80 Å². The number of hydrogen-bond donors (Lipinski definition) is 0. The second-order valence-corrected chi connectivity index (χ2v) is 8.56. The number of likely N-dealkylation sites (tertiary alicyclic amines) is 1. The first-order chi connectivity index (χ1) is 13.4. The number of rotatable bonds is 5. The molecule has 1 atom stereocenters. The predicted molar refractivity (Wildman–Crippen MR) is 112 cm³/mol. The van der Waals surface area contributed by atoms with Crippen molar-refractivity contribution in [3.8, 4) is 5.75 Å². The van der Waals surface area contributed by atoms with E-state index in [1.165, 1.54) is 0 Å². The van der Waals surface area contributed by atoms with Crippen LogP contribution in [0.2, 0.25) is 0 Å². The molecule has 2 saturated heterocycles. The van der Waals surface area contributed by atoms with Crippen LogP contribution in [0.25, 0.3) is 0 Å². The fraction of sp³-hybridized carbons (Fsp3) is 0.696. The standard InChI is InChI=1S/C23H36N2O3/c1-6-20-15-27-23(16-24(20)7-2)10-12-25(13-11-23)22(26)19-8-9-21(18(5)14-19)28-17(3)4/h8-9,14,17,20H,6-7,10-13,15-16H2,1-5H3. The summed E-state index contributed by atoms with van der Waals surface area (Å²) < 4.78 is 12.1. The number of benzene rings is 1. The molecule has 5 nitrogen and oxygen atoms in total. The molecule has 2 heterocycles. The minimum Gasteiger partial charge on any atom is -0.491 e. The minimum absolute atomic E-state index is 0.0800. The van der Waals surface area contributed by atoms with Gasteiger partial charge in [-0.25, -0.2) is 0 Å². The van der Waals surface area contributed by atoms with Crippen LogP contribution in [0.4, 0.5) is 0 Å². The van der Waals surface area contributed by atoms with E-state index >= 15 is 0 Å². The van der Waals surface area contributed by atoms with Gasteiger partial charge in [-0.2, -0.15) is 0 Å². The number of carbonyl (C=O) groups is 1. The first kappa shape index (κ1) is 21.1. The number of aryl methyl sites for hydroxylation is 1. The highest BCUT2D eigenvalue weighted by molar-refractivity contribution is 5.94. The lowest BCUT2D eigenvalue weighted by Crippen LogP contribution is -2.60. The van der Waals surface area contributed by atoms with Crippen LogP contribution in [0.1, 0.15) is 62.9 Å². The van der Waals surface area contributed by atoms with Crippen LogP contribution in [0.3, 0.4) is 0 Å². The number of piperidine rings is 1. The normalized spacial score (nSPS) is 22.6. The highest BCUT2D eigenvalue weighted by Crippen LogP contribution is 2.33. The summed E-state index contributed by atoms with van der Waals surface area (Å²) in [5.41, 5.74) is 1.67. The maximum Gasteiger partial charge on any atom is 0.253 e. The van der Waals surface area contributed by atoms with Gasteiger partial charge in [0, 0.05) is 31.2 Å². The fourth-order valence-electron chi connectivity index (χ4n) is 4.44. The number of amides is 1. The van der Waals surface area contributed by atoms with Crippen molar-refractivity contribution in [3.63, 3.8) is 0 Å². The Labute approximate surface area is 170 Å². The smallest absolute Gasteiger partial charge is 0.253 e. The van der Waals surface area contributed by atoms with Crippen LogP contribution in [0, 0.1) is 6.92 Å². The summed E-state index contributed by atoms with van der Waals surface area (Å²) in [5.74, 6) is 0.966. The van der Waals surface area contributed by atoms with Crippen molar-refractivity contribution in [1.29, 1.82) is 0 Å². The Balaban J connectivity index is 1.62. The highest BCUT2D eigenvalue weighted by Gasteiger charge is 2.42. The summed E-state index contributed by atoms with van der Waals surface area (Å²) in [6.07, 6.45) is 3.09. The zero-order valence-electron chi connectivity index (χ0n) is 18.2. The molecule has 2 aliphatic heterocycles. The third kappa shape index (κ3) is 4.52. The number of ether oxygens (including phenoxy) is 2. The summed E-state index contributed by atoms with van der Waals surface area (Å²) in [7, 11) is 0. The zero-order chi connectivity index (χ0) is 20.3. The van der Waals surface area contributed by atoms with E-state index in [0.29, 0.717) is 6.04 Å². The van der Waals surface area contributed by atoms with Crippen LogP contribution in [-0.4, -0.2) is 66.2 Å². The maximum absolute atomic E-state index is 13.0. The van der Waals surface area contributed by atoms with E-state index < -0.39 is 0 Å². The average molecular weight is 389 g/mol. The van der Waals surface area contributed by atoms with Gasteiger partial charge in [-0.1, -0.05) is 13.8 Å². The third-order valence-corrected chi connectivity index (χ3v) is 6.21. The molecule has 3 rings (SSSR count). The topological polar surface area (TPSA) is 42.0 Å². The molecule has 0 aliphatic carbocycles. The molecule has 0 aromatic heterocycles. The van der Waals surface area contributed by atoms with Crippen molar-refractivity contribution >= 4 is 5.91 Å². The van der Waals surface area contributed by atoms with E-state index in [-0.39, 0.29) is 17.6 Å². The van der Waals surface area contributed by atoms with Crippen molar-refractivity contribution in [3.05, 3.63) is 29.3 Å². The molecular formula is C23H36N2O3. The van der Waals surface area contributed by atoms with E-state index in [9.17, 15) is 4.79 Å². The van der Waals surface area contributed by atoms with Gasteiger partial charge in [0.2, 0.25) is 0 Å². The predicted octanol–water partition coefficient (Wildman–Crippen LogP) is 3.89. The van der Waals surface area contributed by atoms with Crippen molar-refractivity contribution in [2.75, 3.05) is 32.8 Å². The summed E-state index contributed by atoms with van der Waals surface area (Å²) in [5, 5.41) is 0. The molecular weight excluding hydrogens is 352 g/mol. The number of carbonyl (C=O) groups excluding carboxylic acids is 1. The van der Waals surface area contributed by atoms with Crippen LogP contribution in [-0.2, 0) is 4.74 Å². The van der Waals surface area contributed by atoms with Gasteiger partial charge in [-0.05, 0) is 70.3 Å². The third-order valence-electron chi connectivity index (χ3n) is 6.21. The Hall–Kier alpha value is -1.59. The summed E-state index contributed by atoms with van der Waals surface area (Å²) >= 11 is 0. The van der Waals surface area contributed by atoms with E-state index in [2.05, 4.69) is 18.7 Å². The van der Waals surface area contributed by atoms with Gasteiger partial charge in [0.05, 0.1) is 18.3 Å². The van der Waals surface area contributed by atoms with Crippen molar-refractivity contribution in [2.45, 2.75) is 71.6 Å². The molecule has 2 aliphatic rings. The Morgan fingerprint density at radius 3 is 2.57 bits per heavy atom. The van der Waals surface area contributed by atoms with Gasteiger partial charge in [0.15, 0.2) is 0 Å². The van der Waals surface area contributed by atoms with Gasteiger partial charge in [-0.15, -0.1) is 0 Å². The lowest BCUT2D eigenvalue weighted by atomic mass is 9.87. The highest BCUT2D eigenvalue weighted by atomic mass is 16.5. The van der Waals surface area contributed by atoms with Crippen LogP contribution in [0.15, 0.2) is 18.2 Å². The maximum atomic E-state index is 13.0. The second-order valence-electron chi connectivity index (χ2n) is 8.56. The van der Waals surface area contributed by atoms with Gasteiger partial charge in [-0.3, -0.25) is 9.69 Å². The number of morpholine rings is 1. The number of hydrogen-bond acceptors (Lipinski definition) is 4. The Kier molecular flexibility index (Phi) is 6.66. The van der Waals surface area contributed by atoms with E-state index in [4.69, 9.17) is 9.47 Å². The lowest BCUT2D eigenvalue weighted by Gasteiger charge is -2.50. The van der Waals surface area contributed by atoms with E-state index in [1.54, 1.807) is 0 Å². The molecule has 0 saturated carbocycles. The first-order valence-corrected chi connectivity index (χ1v) is 10.8. The molecule has 0 N–H and O–H groups in total. The summed E-state index contributed by atoms with van der Waals surface area (Å²) in [6, 6.07) is 6.29. The lowest BCUT2D eigenvalue weighted by molar-refractivity contribution is -0.153. The van der Waals surface area contributed by atoms with Gasteiger partial charge in [0.25, 0.3) is 5.91 Å². The van der Waals surface area contributed by atoms with Gasteiger partial charge < -0.3 is 14.4 Å². The molecule has 28 heavy (non-hydrogen) atoms. The van der Waals surface area contributed by atoms with Crippen LogP contribution < -0.4 is 4.74 Å². The molecule has 1 aromatic rings. The summed E-state index contributed by atoms with van der Waals surface area (Å²) in [6.45, 7) is 14.9. The molecule has 0 radical (unpaired) electrons. The molecule has 2 fully saturated rings. The van der Waals surface area contributed by atoms with Gasteiger partial charge in [0.1, 0.15) is 5.75 Å². The number of likely N-dealkylation sites (N-methyl/N-ethyl adjacent to an activating group) is 1. The Morgan fingerprint density at radius 2 is 2.00 bits per heavy atom. The first-order valence-electron chi connectivity index (χ1n) is 10.8. The van der Waals surface area contributed by atoms with Crippen LogP contribution >= 0.6 is 0 Å². The largest absolute Gasteiger partial charge is 0.491 e. The van der Waals surface area contributed by atoms with E-state index in [1.807, 2.05) is 43.9 Å². The molecule has 5 heteroatoms. The van der Waals surface area contributed by atoms with Crippen molar-refractivity contribution in [2.24, 2.45) is 0 Å². The quantitative estimate of drug-likeness (QED) is 0.767. The SMILES string of the molecule is CCC1COC2(CCN(C(=O)c3ccc(OC(C)C)c(C)c3)CC2)CN1CC. The zero-order valence-corrected chi connectivity index (χ0v) is 18.2. The minimum atomic E-state index is -0.0800. The molecule has 1 amide bonds. The molecule has 1 unspecified atom stereocenters. The van der Waals surface area contributed by atoms with E-state index in [0.717, 1.165) is 68.9 Å². The average Bonchev–Trinajstić information content (AvgIpc) is 2.69. The number of nitrogens with zero attached hydrogens (tertiary/aromatic N) is 2. The molecule has 1 spiro atoms. The molecule has 0 bridgehead atoms. The second kappa shape index (κ2) is 8.83. The molecule has 1 aromatic carbocycles. The Bertz CT molecular complexity index is 680. The van der Waals surface area contributed by atoms with Crippen molar-refractivity contribution < 1.29 is 14.3 Å². The molecule has 156 valence electrons. The van der Waals surface area contributed by atoms with Crippen LogP contribution in [0.5, 0.6) is 5.75 Å².